The van der Waals surface area contributed by atoms with Crippen LogP contribution in [0.3, 0.4) is 0 Å². The Morgan fingerprint density at radius 1 is 1.35 bits per heavy atom. The van der Waals surface area contributed by atoms with E-state index in [0.717, 1.165) is 12.0 Å². The number of ether oxygens (including phenoxy) is 1. The highest BCUT2D eigenvalue weighted by Gasteiger charge is 2.27. The van der Waals surface area contributed by atoms with Gasteiger partial charge in [0.25, 0.3) is 0 Å². The minimum Gasteiger partial charge on any atom is -0.392 e. The molecule has 1 unspecified atom stereocenters. The predicted octanol–water partition coefficient (Wildman–Crippen LogP) is 5.36. The summed E-state index contributed by atoms with van der Waals surface area (Å²) in [6.07, 6.45) is 15.0. The first kappa shape index (κ1) is 19.9. The third-order valence-electron chi connectivity index (χ3n) is 4.89. The molecule has 1 aliphatic rings. The Balaban J connectivity index is 2.89. The van der Waals surface area contributed by atoms with Gasteiger partial charge >= 0.3 is 0 Å². The molecule has 0 aromatic heterocycles. The van der Waals surface area contributed by atoms with Crippen LogP contribution in [0.25, 0.3) is 0 Å². The van der Waals surface area contributed by atoms with E-state index < -0.39 is 5.60 Å². The smallest absolute Gasteiger partial charge is 0.101 e. The summed E-state index contributed by atoms with van der Waals surface area (Å²) in [5.41, 5.74) is 3.97. The molecule has 1 rings (SSSR count). The summed E-state index contributed by atoms with van der Waals surface area (Å²) in [5, 5.41) is 8.90. The Hall–Kier alpha value is -1.12. The summed E-state index contributed by atoms with van der Waals surface area (Å²) < 4.78 is 5.71. The molecule has 23 heavy (non-hydrogen) atoms. The van der Waals surface area contributed by atoms with Gasteiger partial charge in [-0.15, -0.1) is 0 Å². The maximum absolute atomic E-state index is 8.90. The van der Waals surface area contributed by atoms with Gasteiger partial charge < -0.3 is 9.84 Å². The number of methoxy groups -OCH3 is 1. The van der Waals surface area contributed by atoms with Crippen LogP contribution in [0.5, 0.6) is 0 Å². The Morgan fingerprint density at radius 3 is 2.61 bits per heavy atom. The number of rotatable bonds is 7. The SMILES string of the molecule is COC(C)(/C=C/C/C(C)=C/CO)/C=C/C1=C(C)CCCC1(C)C. The summed E-state index contributed by atoms with van der Waals surface area (Å²) in [7, 11) is 1.75. The van der Waals surface area contributed by atoms with Gasteiger partial charge in [-0.25, -0.2) is 0 Å². The van der Waals surface area contributed by atoms with Crippen LogP contribution in [-0.2, 0) is 4.74 Å². The van der Waals surface area contributed by atoms with Crippen LogP contribution in [-0.4, -0.2) is 24.4 Å². The third-order valence-corrected chi connectivity index (χ3v) is 4.89. The van der Waals surface area contributed by atoms with Crippen molar-refractivity contribution < 1.29 is 9.84 Å². The van der Waals surface area contributed by atoms with E-state index >= 15 is 0 Å². The van der Waals surface area contributed by atoms with Crippen molar-refractivity contribution in [2.45, 2.75) is 65.9 Å². The molecule has 0 bridgehead atoms. The van der Waals surface area contributed by atoms with Gasteiger partial charge in [-0.05, 0) is 63.5 Å². The normalized spacial score (nSPS) is 22.1. The van der Waals surface area contributed by atoms with Crippen LogP contribution >= 0.6 is 0 Å². The van der Waals surface area contributed by atoms with Gasteiger partial charge in [0, 0.05) is 7.11 Å². The molecule has 1 atom stereocenters. The van der Waals surface area contributed by atoms with Gasteiger partial charge in [-0.3, -0.25) is 0 Å². The van der Waals surface area contributed by atoms with Crippen molar-refractivity contribution in [1.82, 2.24) is 0 Å². The third kappa shape index (κ3) is 6.12. The van der Waals surface area contributed by atoms with Gasteiger partial charge in [0.15, 0.2) is 0 Å². The van der Waals surface area contributed by atoms with Gasteiger partial charge in [0.05, 0.1) is 6.61 Å². The van der Waals surface area contributed by atoms with E-state index in [2.05, 4.69) is 52.0 Å². The van der Waals surface area contributed by atoms with Crippen LogP contribution in [0, 0.1) is 5.41 Å². The molecule has 0 aliphatic heterocycles. The van der Waals surface area contributed by atoms with Gasteiger partial charge in [0.1, 0.15) is 5.60 Å². The second kappa shape index (κ2) is 8.65. The Kier molecular flexibility index (Phi) is 7.50. The summed E-state index contributed by atoms with van der Waals surface area (Å²) in [6, 6.07) is 0. The van der Waals surface area contributed by atoms with Gasteiger partial charge in [-0.2, -0.15) is 0 Å². The highest BCUT2D eigenvalue weighted by Crippen LogP contribution is 2.41. The molecule has 2 nitrogen and oxygen atoms in total. The Labute approximate surface area is 142 Å². The van der Waals surface area contributed by atoms with Crippen LogP contribution in [0.4, 0.5) is 0 Å². The highest BCUT2D eigenvalue weighted by molar-refractivity contribution is 5.34. The molecule has 0 radical (unpaired) electrons. The molecule has 0 saturated carbocycles. The molecule has 1 aliphatic carbocycles. The molecular weight excluding hydrogens is 284 g/mol. The zero-order valence-electron chi connectivity index (χ0n) is 15.8. The number of hydrogen-bond acceptors (Lipinski definition) is 2. The number of aliphatic hydroxyl groups excluding tert-OH is 1. The minimum atomic E-state index is -0.402. The monoisotopic (exact) mass is 318 g/mol. The summed E-state index contributed by atoms with van der Waals surface area (Å²) in [4.78, 5) is 0. The van der Waals surface area contributed by atoms with E-state index in [1.54, 1.807) is 7.11 Å². The van der Waals surface area contributed by atoms with E-state index in [1.807, 2.05) is 13.0 Å². The Bertz CT molecular complexity index is 506. The lowest BCUT2D eigenvalue weighted by atomic mass is 9.72. The van der Waals surface area contributed by atoms with Crippen molar-refractivity contribution in [1.29, 1.82) is 0 Å². The first-order valence-electron chi connectivity index (χ1n) is 8.63. The van der Waals surface area contributed by atoms with E-state index in [0.29, 0.717) is 0 Å². The van der Waals surface area contributed by atoms with E-state index in [-0.39, 0.29) is 12.0 Å². The first-order chi connectivity index (χ1) is 10.7. The van der Waals surface area contributed by atoms with Gasteiger partial charge in [-0.1, -0.05) is 49.3 Å². The maximum atomic E-state index is 8.90. The summed E-state index contributed by atoms with van der Waals surface area (Å²) in [6.45, 7) is 11.1. The minimum absolute atomic E-state index is 0.101. The quantitative estimate of drug-likeness (QED) is 0.640. The molecule has 130 valence electrons. The lowest BCUT2D eigenvalue weighted by Crippen LogP contribution is -2.23. The largest absolute Gasteiger partial charge is 0.392 e. The predicted molar refractivity (Wildman–Crippen MR) is 99.5 cm³/mol. The fourth-order valence-corrected chi connectivity index (χ4v) is 3.17. The Morgan fingerprint density at radius 2 is 2.04 bits per heavy atom. The number of aliphatic hydroxyl groups is 1. The number of allylic oxidation sites excluding steroid dienone is 5. The average Bonchev–Trinajstić information content (AvgIpc) is 2.46. The topological polar surface area (TPSA) is 29.5 Å². The molecule has 0 fully saturated rings. The van der Waals surface area contributed by atoms with Crippen molar-refractivity contribution in [3.8, 4) is 0 Å². The standard InChI is InChI=1S/C21H34O2/c1-17(12-16-22)9-7-14-21(5,23-6)15-11-19-18(2)10-8-13-20(19,3)4/h7,11-12,14-15,22H,8-10,13,16H2,1-6H3/b14-7+,15-11+,17-12+. The van der Waals surface area contributed by atoms with Crippen LogP contribution < -0.4 is 0 Å². The maximum Gasteiger partial charge on any atom is 0.101 e. The molecular formula is C21H34O2. The molecule has 0 heterocycles. The highest BCUT2D eigenvalue weighted by atomic mass is 16.5. The molecule has 0 aromatic carbocycles. The zero-order chi connectivity index (χ0) is 17.5. The van der Waals surface area contributed by atoms with E-state index in [4.69, 9.17) is 9.84 Å². The molecule has 0 amide bonds. The molecule has 0 aromatic rings. The van der Waals surface area contributed by atoms with E-state index in [9.17, 15) is 0 Å². The van der Waals surface area contributed by atoms with Crippen molar-refractivity contribution in [2.24, 2.45) is 5.41 Å². The summed E-state index contributed by atoms with van der Waals surface area (Å²) in [5.74, 6) is 0. The lowest BCUT2D eigenvalue weighted by molar-refractivity contribution is 0.0903. The molecule has 1 N–H and O–H groups in total. The van der Waals surface area contributed by atoms with Crippen LogP contribution in [0.2, 0.25) is 0 Å². The molecule has 0 saturated heterocycles. The van der Waals surface area contributed by atoms with Crippen molar-refractivity contribution in [3.05, 3.63) is 47.1 Å². The fourth-order valence-electron chi connectivity index (χ4n) is 3.17. The lowest BCUT2D eigenvalue weighted by Gasteiger charge is -2.33. The van der Waals surface area contributed by atoms with Gasteiger partial charge in [0.2, 0.25) is 0 Å². The van der Waals surface area contributed by atoms with Crippen molar-refractivity contribution in [2.75, 3.05) is 13.7 Å². The number of hydrogen-bond donors (Lipinski definition) is 1. The zero-order valence-corrected chi connectivity index (χ0v) is 15.8. The first-order valence-corrected chi connectivity index (χ1v) is 8.63. The van der Waals surface area contributed by atoms with Crippen molar-refractivity contribution >= 4 is 0 Å². The van der Waals surface area contributed by atoms with E-state index in [1.165, 1.54) is 30.4 Å². The second-order valence-electron chi connectivity index (χ2n) is 7.49. The van der Waals surface area contributed by atoms with Crippen molar-refractivity contribution in [3.63, 3.8) is 0 Å². The van der Waals surface area contributed by atoms with Crippen LogP contribution in [0.15, 0.2) is 47.1 Å². The van der Waals surface area contributed by atoms with Crippen LogP contribution in [0.1, 0.15) is 60.3 Å². The fraction of sp³-hybridized carbons (Fsp3) is 0.619. The summed E-state index contributed by atoms with van der Waals surface area (Å²) >= 11 is 0. The second-order valence-corrected chi connectivity index (χ2v) is 7.49. The average molecular weight is 319 g/mol. The molecule has 2 heteroatoms. The molecule has 0 spiro atoms.